The van der Waals surface area contributed by atoms with Crippen molar-refractivity contribution in [2.24, 2.45) is 0 Å². The van der Waals surface area contributed by atoms with Crippen LogP contribution in [0.5, 0.6) is 0 Å². The van der Waals surface area contributed by atoms with Gasteiger partial charge in [0.2, 0.25) is 0 Å². The fourth-order valence-corrected chi connectivity index (χ4v) is 4.09. The summed E-state index contributed by atoms with van der Waals surface area (Å²) in [7, 11) is -3.63. The molecule has 2 heterocycles. The van der Waals surface area contributed by atoms with Crippen LogP contribution in [0.15, 0.2) is 58.2 Å². The van der Waals surface area contributed by atoms with E-state index in [-0.39, 0.29) is 11.3 Å². The summed E-state index contributed by atoms with van der Waals surface area (Å²) in [5, 5.41) is -0.921. The molecular weight excluding hydrogens is 280 g/mol. The maximum atomic E-state index is 12.6. The van der Waals surface area contributed by atoms with Crippen LogP contribution < -0.4 is 0 Å². The first-order valence-electron chi connectivity index (χ1n) is 6.09. The van der Waals surface area contributed by atoms with Gasteiger partial charge in [-0.15, -0.1) is 0 Å². The number of benzene rings is 1. The van der Waals surface area contributed by atoms with Gasteiger partial charge in [0.05, 0.1) is 23.8 Å². The minimum Gasteiger partial charge on any atom is -0.472 e. The van der Waals surface area contributed by atoms with E-state index in [2.05, 4.69) is 0 Å². The summed E-state index contributed by atoms with van der Waals surface area (Å²) >= 11 is 0. The van der Waals surface area contributed by atoms with Crippen LogP contribution >= 0.6 is 0 Å². The largest absolute Gasteiger partial charge is 0.472 e. The second-order valence-electron chi connectivity index (χ2n) is 4.57. The Labute approximate surface area is 116 Å². The summed E-state index contributed by atoms with van der Waals surface area (Å²) in [5.41, 5.74) is 0.556. The van der Waals surface area contributed by atoms with Gasteiger partial charge in [-0.1, -0.05) is 18.2 Å². The lowest BCUT2D eigenvalue weighted by molar-refractivity contribution is -0.141. The first kappa shape index (κ1) is 12.9. The third kappa shape index (κ3) is 2.12. The molecule has 0 bridgehead atoms. The SMILES string of the molecule is O=C1C[C@H](S(=O)(=O)c2ccccc2)[C@H](c2ccoc2)O1. The van der Waals surface area contributed by atoms with Crippen LogP contribution in [0.4, 0.5) is 0 Å². The molecule has 104 valence electrons. The smallest absolute Gasteiger partial charge is 0.307 e. The van der Waals surface area contributed by atoms with E-state index < -0.39 is 27.2 Å². The number of hydrogen-bond donors (Lipinski definition) is 0. The summed E-state index contributed by atoms with van der Waals surface area (Å²) < 4.78 is 35.3. The van der Waals surface area contributed by atoms with E-state index >= 15 is 0 Å². The summed E-state index contributed by atoms with van der Waals surface area (Å²) in [5.74, 6) is -0.513. The highest BCUT2D eigenvalue weighted by Gasteiger charge is 2.45. The minimum absolute atomic E-state index is 0.146. The van der Waals surface area contributed by atoms with Crippen molar-refractivity contribution < 1.29 is 22.4 Å². The monoisotopic (exact) mass is 292 g/mol. The molecule has 1 aromatic carbocycles. The molecule has 0 unspecified atom stereocenters. The normalized spacial score (nSPS) is 22.7. The standard InChI is InChI=1S/C14H12O5S/c15-13-8-12(14(19-13)10-6-7-18-9-10)20(16,17)11-4-2-1-3-5-11/h1-7,9,12,14H,8H2/t12-,14-/m0/s1. The maximum Gasteiger partial charge on any atom is 0.307 e. The fourth-order valence-electron chi connectivity index (χ4n) is 2.31. The molecule has 6 heteroatoms. The van der Waals surface area contributed by atoms with Crippen LogP contribution in [0, 0.1) is 0 Å². The number of esters is 1. The number of hydrogen-bond acceptors (Lipinski definition) is 5. The Morgan fingerprint density at radius 1 is 1.10 bits per heavy atom. The van der Waals surface area contributed by atoms with Crippen molar-refractivity contribution in [2.45, 2.75) is 22.7 Å². The van der Waals surface area contributed by atoms with Crippen molar-refractivity contribution in [2.75, 3.05) is 0 Å². The number of cyclic esters (lactones) is 1. The third-order valence-corrected chi connectivity index (χ3v) is 5.45. The van der Waals surface area contributed by atoms with Crippen molar-refractivity contribution in [3.8, 4) is 0 Å². The van der Waals surface area contributed by atoms with Gasteiger partial charge in [0.25, 0.3) is 0 Å². The van der Waals surface area contributed by atoms with Crippen molar-refractivity contribution in [1.82, 2.24) is 0 Å². The molecule has 1 aromatic heterocycles. The van der Waals surface area contributed by atoms with Gasteiger partial charge in [0.15, 0.2) is 9.84 Å². The summed E-state index contributed by atoms with van der Waals surface area (Å²) in [6, 6.07) is 9.68. The molecule has 5 nitrogen and oxygen atoms in total. The van der Waals surface area contributed by atoms with Crippen LogP contribution in [0.25, 0.3) is 0 Å². The van der Waals surface area contributed by atoms with E-state index in [1.165, 1.54) is 24.7 Å². The number of ether oxygens (including phenoxy) is 1. The molecule has 1 fully saturated rings. The van der Waals surface area contributed by atoms with E-state index in [1.807, 2.05) is 0 Å². The Balaban J connectivity index is 2.02. The highest BCUT2D eigenvalue weighted by atomic mass is 32.2. The van der Waals surface area contributed by atoms with Crippen molar-refractivity contribution >= 4 is 15.8 Å². The van der Waals surface area contributed by atoms with Gasteiger partial charge in [-0.25, -0.2) is 8.42 Å². The molecule has 2 atom stereocenters. The highest BCUT2D eigenvalue weighted by Crippen LogP contribution is 2.37. The number of furan rings is 1. The first-order valence-corrected chi connectivity index (χ1v) is 7.64. The van der Waals surface area contributed by atoms with E-state index in [0.29, 0.717) is 5.56 Å². The summed E-state index contributed by atoms with van der Waals surface area (Å²) in [6.45, 7) is 0. The maximum absolute atomic E-state index is 12.6. The molecule has 3 rings (SSSR count). The van der Waals surface area contributed by atoms with Crippen LogP contribution in [-0.2, 0) is 19.4 Å². The van der Waals surface area contributed by atoms with E-state index in [4.69, 9.17) is 9.15 Å². The molecule has 0 saturated carbocycles. The highest BCUT2D eigenvalue weighted by molar-refractivity contribution is 7.92. The molecule has 1 saturated heterocycles. The lowest BCUT2D eigenvalue weighted by atomic mass is 10.1. The van der Waals surface area contributed by atoms with E-state index in [9.17, 15) is 13.2 Å². The molecular formula is C14H12O5S. The second-order valence-corrected chi connectivity index (χ2v) is 6.73. The molecule has 0 spiro atoms. The molecule has 0 radical (unpaired) electrons. The molecule has 0 N–H and O–H groups in total. The molecule has 0 aliphatic carbocycles. The number of carbonyl (C=O) groups excluding carboxylic acids is 1. The van der Waals surface area contributed by atoms with Crippen LogP contribution in [0.3, 0.4) is 0 Å². The Hall–Kier alpha value is -2.08. The van der Waals surface area contributed by atoms with Gasteiger partial charge in [-0.3, -0.25) is 4.79 Å². The zero-order valence-corrected chi connectivity index (χ0v) is 11.2. The Kier molecular flexibility index (Phi) is 3.10. The predicted molar refractivity (Wildman–Crippen MR) is 69.6 cm³/mol. The topological polar surface area (TPSA) is 73.6 Å². The zero-order valence-electron chi connectivity index (χ0n) is 10.4. The van der Waals surface area contributed by atoms with Gasteiger partial charge < -0.3 is 9.15 Å². The predicted octanol–water partition coefficient (Wildman–Crippen LogP) is 2.11. The molecule has 1 aliphatic heterocycles. The van der Waals surface area contributed by atoms with Gasteiger partial charge in [-0.2, -0.15) is 0 Å². The van der Waals surface area contributed by atoms with Crippen molar-refractivity contribution in [3.05, 3.63) is 54.5 Å². The van der Waals surface area contributed by atoms with E-state index in [0.717, 1.165) is 0 Å². The number of carbonyl (C=O) groups is 1. The van der Waals surface area contributed by atoms with Crippen molar-refractivity contribution in [1.29, 1.82) is 0 Å². The fraction of sp³-hybridized carbons (Fsp3) is 0.214. The third-order valence-electron chi connectivity index (χ3n) is 3.31. The quantitative estimate of drug-likeness (QED) is 0.810. The Morgan fingerprint density at radius 2 is 1.85 bits per heavy atom. The molecule has 1 aliphatic rings. The van der Waals surface area contributed by atoms with Gasteiger partial charge >= 0.3 is 5.97 Å². The van der Waals surface area contributed by atoms with E-state index in [1.54, 1.807) is 24.3 Å². The number of sulfone groups is 1. The number of rotatable bonds is 3. The van der Waals surface area contributed by atoms with Gasteiger partial charge in [0.1, 0.15) is 11.4 Å². The Morgan fingerprint density at radius 3 is 2.50 bits per heavy atom. The lowest BCUT2D eigenvalue weighted by Crippen LogP contribution is -2.24. The summed E-state index contributed by atoms with van der Waals surface area (Å²) in [6.07, 6.45) is 1.86. The lowest BCUT2D eigenvalue weighted by Gasteiger charge is -2.16. The van der Waals surface area contributed by atoms with Crippen LogP contribution in [0.2, 0.25) is 0 Å². The molecule has 2 aromatic rings. The Bertz CT molecular complexity index is 703. The average molecular weight is 292 g/mol. The average Bonchev–Trinajstić information content (AvgIpc) is 3.08. The second kappa shape index (κ2) is 4.79. The molecule has 0 amide bonds. The van der Waals surface area contributed by atoms with Gasteiger partial charge in [0, 0.05) is 5.56 Å². The summed E-state index contributed by atoms with van der Waals surface area (Å²) in [4.78, 5) is 11.7. The van der Waals surface area contributed by atoms with Crippen molar-refractivity contribution in [3.63, 3.8) is 0 Å². The van der Waals surface area contributed by atoms with Crippen LogP contribution in [-0.4, -0.2) is 19.6 Å². The minimum atomic E-state index is -3.63. The zero-order chi connectivity index (χ0) is 14.2. The van der Waals surface area contributed by atoms with Crippen LogP contribution in [0.1, 0.15) is 18.1 Å². The first-order chi connectivity index (χ1) is 9.59. The molecule has 20 heavy (non-hydrogen) atoms. The van der Waals surface area contributed by atoms with Gasteiger partial charge in [-0.05, 0) is 18.2 Å².